The van der Waals surface area contributed by atoms with E-state index in [9.17, 15) is 5.11 Å². The van der Waals surface area contributed by atoms with Crippen LogP contribution in [0.1, 0.15) is 24.1 Å². The molecular formula is C22H19N3O5. The van der Waals surface area contributed by atoms with Gasteiger partial charge in [0.25, 0.3) is 0 Å². The third kappa shape index (κ3) is 3.01. The molecule has 1 N–H and O–H groups in total. The summed E-state index contributed by atoms with van der Waals surface area (Å²) in [4.78, 5) is 6.71. The lowest BCUT2D eigenvalue weighted by Gasteiger charge is -2.19. The second-order valence-electron chi connectivity index (χ2n) is 7.61. The van der Waals surface area contributed by atoms with Crippen molar-refractivity contribution in [2.45, 2.75) is 25.1 Å². The number of ether oxygens (including phenoxy) is 2. The Morgan fingerprint density at radius 2 is 1.97 bits per heavy atom. The van der Waals surface area contributed by atoms with Gasteiger partial charge in [0.15, 0.2) is 11.5 Å². The van der Waals surface area contributed by atoms with Gasteiger partial charge in [-0.15, -0.1) is 0 Å². The summed E-state index contributed by atoms with van der Waals surface area (Å²) in [6, 6.07) is 15.3. The predicted molar refractivity (Wildman–Crippen MR) is 106 cm³/mol. The quantitative estimate of drug-likeness (QED) is 0.551. The second-order valence-corrected chi connectivity index (χ2v) is 7.61. The van der Waals surface area contributed by atoms with E-state index in [1.165, 1.54) is 0 Å². The second kappa shape index (κ2) is 6.86. The first-order valence-corrected chi connectivity index (χ1v) is 9.86. The average molecular weight is 405 g/mol. The predicted octanol–water partition coefficient (Wildman–Crippen LogP) is 3.52. The van der Waals surface area contributed by atoms with E-state index in [2.05, 4.69) is 15.0 Å². The van der Waals surface area contributed by atoms with E-state index in [-0.39, 0.29) is 12.8 Å². The van der Waals surface area contributed by atoms with E-state index < -0.39 is 6.10 Å². The molecule has 0 radical (unpaired) electrons. The zero-order chi connectivity index (χ0) is 20.1. The molecule has 4 heterocycles. The third-order valence-electron chi connectivity index (χ3n) is 5.57. The van der Waals surface area contributed by atoms with Gasteiger partial charge in [0, 0.05) is 17.5 Å². The standard InChI is InChI=1S/C22H19N3O5/c26-15-9-17(25(10-15)11-16-7-13-3-1-2-4-18(13)29-16)22-23-21(24-30-22)14-5-6-19-20(8-14)28-12-27-19/h1-8,15,17,26H,9-12H2. The van der Waals surface area contributed by atoms with Gasteiger partial charge in [0.2, 0.25) is 18.5 Å². The molecule has 152 valence electrons. The van der Waals surface area contributed by atoms with Gasteiger partial charge in [-0.3, -0.25) is 4.90 Å². The first-order chi connectivity index (χ1) is 14.7. The van der Waals surface area contributed by atoms with E-state index in [1.807, 2.05) is 48.5 Å². The maximum Gasteiger partial charge on any atom is 0.244 e. The smallest absolute Gasteiger partial charge is 0.244 e. The number of hydrogen-bond donors (Lipinski definition) is 1. The number of furan rings is 1. The number of para-hydroxylation sites is 1. The van der Waals surface area contributed by atoms with Gasteiger partial charge in [-0.05, 0) is 36.8 Å². The van der Waals surface area contributed by atoms with Crippen molar-refractivity contribution in [2.75, 3.05) is 13.3 Å². The van der Waals surface area contributed by atoms with Gasteiger partial charge in [-0.2, -0.15) is 4.98 Å². The molecule has 4 aromatic rings. The molecule has 1 saturated heterocycles. The first-order valence-electron chi connectivity index (χ1n) is 9.86. The Morgan fingerprint density at radius 3 is 2.90 bits per heavy atom. The fourth-order valence-corrected chi connectivity index (χ4v) is 4.15. The maximum absolute atomic E-state index is 10.3. The zero-order valence-corrected chi connectivity index (χ0v) is 16.0. The molecule has 2 aliphatic heterocycles. The minimum Gasteiger partial charge on any atom is -0.460 e. The van der Waals surface area contributed by atoms with Crippen molar-refractivity contribution >= 4 is 11.0 Å². The SMILES string of the molecule is OC1CC(c2nc(-c3ccc4c(c3)OCO4)no2)N(Cc2cc3ccccc3o2)C1. The Balaban J connectivity index is 1.26. The molecule has 6 rings (SSSR count). The Kier molecular flexibility index (Phi) is 4.00. The van der Waals surface area contributed by atoms with Crippen molar-refractivity contribution < 1.29 is 23.5 Å². The van der Waals surface area contributed by atoms with Gasteiger partial charge in [-0.25, -0.2) is 0 Å². The summed E-state index contributed by atoms with van der Waals surface area (Å²) in [6.45, 7) is 1.29. The number of rotatable bonds is 4. The van der Waals surface area contributed by atoms with Crippen molar-refractivity contribution in [3.05, 3.63) is 60.2 Å². The number of nitrogens with zero attached hydrogens (tertiary/aromatic N) is 3. The number of hydrogen-bond acceptors (Lipinski definition) is 8. The molecule has 0 amide bonds. The van der Waals surface area contributed by atoms with Crippen LogP contribution in [0, 0.1) is 0 Å². The topological polar surface area (TPSA) is 94.0 Å². The van der Waals surface area contributed by atoms with Crippen LogP contribution in [0.4, 0.5) is 0 Å². The van der Waals surface area contributed by atoms with Gasteiger partial charge in [-0.1, -0.05) is 23.4 Å². The minimum absolute atomic E-state index is 0.177. The van der Waals surface area contributed by atoms with E-state index >= 15 is 0 Å². The van der Waals surface area contributed by atoms with Crippen LogP contribution in [-0.2, 0) is 6.54 Å². The molecule has 0 bridgehead atoms. The molecule has 2 aliphatic rings. The van der Waals surface area contributed by atoms with Crippen molar-refractivity contribution in [1.29, 1.82) is 0 Å². The van der Waals surface area contributed by atoms with Crippen molar-refractivity contribution in [2.24, 2.45) is 0 Å². The normalized spacial score (nSPS) is 21.0. The fraction of sp³-hybridized carbons (Fsp3) is 0.273. The number of benzene rings is 2. The molecule has 2 aromatic heterocycles. The molecular weight excluding hydrogens is 386 g/mol. The van der Waals surface area contributed by atoms with Gasteiger partial charge >= 0.3 is 0 Å². The summed E-state index contributed by atoms with van der Waals surface area (Å²) >= 11 is 0. The summed E-state index contributed by atoms with van der Waals surface area (Å²) in [7, 11) is 0. The van der Waals surface area contributed by atoms with Crippen molar-refractivity contribution in [3.63, 3.8) is 0 Å². The lowest BCUT2D eigenvalue weighted by atomic mass is 10.2. The Labute approximate surface area is 171 Å². The van der Waals surface area contributed by atoms with Gasteiger partial charge < -0.3 is 23.5 Å². The summed E-state index contributed by atoms with van der Waals surface area (Å²) in [6.07, 6.45) is 0.0727. The minimum atomic E-state index is -0.458. The van der Waals surface area contributed by atoms with Crippen LogP contribution in [0.5, 0.6) is 11.5 Å². The molecule has 8 heteroatoms. The number of likely N-dealkylation sites (tertiary alicyclic amines) is 1. The molecule has 30 heavy (non-hydrogen) atoms. The van der Waals surface area contributed by atoms with Crippen LogP contribution in [0.15, 0.2) is 57.5 Å². The maximum atomic E-state index is 10.3. The zero-order valence-electron chi connectivity index (χ0n) is 16.0. The van der Waals surface area contributed by atoms with Gasteiger partial charge in [0.05, 0.1) is 18.7 Å². The Morgan fingerprint density at radius 1 is 1.07 bits per heavy atom. The van der Waals surface area contributed by atoms with Crippen molar-refractivity contribution in [3.8, 4) is 22.9 Å². The molecule has 2 atom stereocenters. The molecule has 2 unspecified atom stereocenters. The van der Waals surface area contributed by atoms with E-state index in [0.29, 0.717) is 42.7 Å². The van der Waals surface area contributed by atoms with Crippen LogP contribution < -0.4 is 9.47 Å². The Bertz CT molecular complexity index is 1180. The summed E-state index contributed by atoms with van der Waals surface area (Å²) in [5, 5.41) is 15.5. The molecule has 0 saturated carbocycles. The first kappa shape index (κ1) is 17.5. The summed E-state index contributed by atoms with van der Waals surface area (Å²) < 4.78 is 22.3. The van der Waals surface area contributed by atoms with Crippen molar-refractivity contribution in [1.82, 2.24) is 15.0 Å². The number of aliphatic hydroxyl groups excluding tert-OH is 1. The van der Waals surface area contributed by atoms with Crippen LogP contribution >= 0.6 is 0 Å². The molecule has 0 spiro atoms. The Hall–Kier alpha value is -3.36. The van der Waals surface area contributed by atoms with Crippen LogP contribution in [0.3, 0.4) is 0 Å². The number of aliphatic hydroxyl groups is 1. The molecule has 8 nitrogen and oxygen atoms in total. The van der Waals surface area contributed by atoms with E-state index in [0.717, 1.165) is 22.3 Å². The van der Waals surface area contributed by atoms with Gasteiger partial charge in [0.1, 0.15) is 11.3 Å². The monoisotopic (exact) mass is 405 g/mol. The lowest BCUT2D eigenvalue weighted by molar-refractivity contribution is 0.164. The molecule has 1 fully saturated rings. The van der Waals surface area contributed by atoms with Crippen LogP contribution in [0.2, 0.25) is 0 Å². The van der Waals surface area contributed by atoms with E-state index in [4.69, 9.17) is 18.4 Å². The highest BCUT2D eigenvalue weighted by Gasteiger charge is 2.36. The highest BCUT2D eigenvalue weighted by molar-refractivity contribution is 5.77. The lowest BCUT2D eigenvalue weighted by Crippen LogP contribution is -2.24. The molecule has 2 aromatic carbocycles. The van der Waals surface area contributed by atoms with Crippen LogP contribution in [0.25, 0.3) is 22.4 Å². The summed E-state index contributed by atoms with van der Waals surface area (Å²) in [5.41, 5.74) is 1.64. The van der Waals surface area contributed by atoms with E-state index in [1.54, 1.807) is 0 Å². The fourth-order valence-electron chi connectivity index (χ4n) is 4.15. The number of aromatic nitrogens is 2. The largest absolute Gasteiger partial charge is 0.460 e. The molecule has 0 aliphatic carbocycles. The number of β-amino-alcohol motifs (C(OH)–C–C–N with tert-alkyl or cyclic N) is 1. The highest BCUT2D eigenvalue weighted by Crippen LogP contribution is 2.37. The third-order valence-corrected chi connectivity index (χ3v) is 5.57. The summed E-state index contributed by atoms with van der Waals surface area (Å²) in [5.74, 6) is 3.18. The average Bonchev–Trinajstić information content (AvgIpc) is 3.53. The highest BCUT2D eigenvalue weighted by atomic mass is 16.7. The van der Waals surface area contributed by atoms with Crippen LogP contribution in [-0.4, -0.2) is 39.6 Å². The number of fused-ring (bicyclic) bond motifs is 2.